The molecule has 14 heavy (non-hydrogen) atoms. The van der Waals surface area contributed by atoms with Crippen molar-refractivity contribution in [2.75, 3.05) is 13.6 Å². The predicted molar refractivity (Wildman–Crippen MR) is 62.7 cm³/mol. The minimum atomic E-state index is 1.11. The van der Waals surface area contributed by atoms with Gasteiger partial charge in [-0.1, -0.05) is 37.6 Å². The molecule has 0 saturated heterocycles. The number of rotatable bonds is 6. The molecule has 0 fully saturated rings. The van der Waals surface area contributed by atoms with E-state index < -0.39 is 0 Å². The highest BCUT2D eigenvalue weighted by Crippen LogP contribution is 2.09. The van der Waals surface area contributed by atoms with Crippen LogP contribution in [0.15, 0.2) is 24.3 Å². The Balaban J connectivity index is 2.46. The highest BCUT2D eigenvalue weighted by Gasteiger charge is 1.95. The van der Waals surface area contributed by atoms with E-state index in [9.17, 15) is 0 Å². The first kappa shape index (κ1) is 11.3. The van der Waals surface area contributed by atoms with Gasteiger partial charge in [0.05, 0.1) is 0 Å². The second kappa shape index (κ2) is 6.61. The molecule has 78 valence electrons. The van der Waals surface area contributed by atoms with Gasteiger partial charge in [0.1, 0.15) is 0 Å². The zero-order valence-corrected chi connectivity index (χ0v) is 9.34. The van der Waals surface area contributed by atoms with Crippen LogP contribution >= 0.6 is 0 Å². The van der Waals surface area contributed by atoms with Gasteiger partial charge in [-0.3, -0.25) is 0 Å². The summed E-state index contributed by atoms with van der Waals surface area (Å²) in [6, 6.07) is 8.98. The lowest BCUT2D eigenvalue weighted by atomic mass is 10.0. The Morgan fingerprint density at radius 1 is 1.14 bits per heavy atom. The largest absolute Gasteiger partial charge is 0.320 e. The minimum Gasteiger partial charge on any atom is -0.320 e. The summed E-state index contributed by atoms with van der Waals surface area (Å²) in [4.78, 5) is 0. The molecule has 1 aromatic rings. The summed E-state index contributed by atoms with van der Waals surface area (Å²) in [6.45, 7) is 3.34. The Morgan fingerprint density at radius 2 is 1.86 bits per heavy atom. The van der Waals surface area contributed by atoms with Crippen LogP contribution in [0.4, 0.5) is 0 Å². The maximum atomic E-state index is 3.18. The van der Waals surface area contributed by atoms with E-state index >= 15 is 0 Å². The van der Waals surface area contributed by atoms with Gasteiger partial charge in [-0.25, -0.2) is 0 Å². The molecule has 0 atom stereocenters. The molecular formula is C13H21N. The fraction of sp³-hybridized carbons (Fsp3) is 0.538. The van der Waals surface area contributed by atoms with Crippen LogP contribution in [0.1, 0.15) is 30.9 Å². The lowest BCUT2D eigenvalue weighted by Gasteiger charge is -2.04. The van der Waals surface area contributed by atoms with Crippen LogP contribution in [0.5, 0.6) is 0 Å². The summed E-state index contributed by atoms with van der Waals surface area (Å²) < 4.78 is 0. The number of aryl methyl sites for hydroxylation is 2. The van der Waals surface area contributed by atoms with Crippen molar-refractivity contribution in [1.82, 2.24) is 5.32 Å². The van der Waals surface area contributed by atoms with E-state index in [4.69, 9.17) is 0 Å². The molecule has 0 aliphatic rings. The van der Waals surface area contributed by atoms with E-state index in [-0.39, 0.29) is 0 Å². The summed E-state index contributed by atoms with van der Waals surface area (Å²) in [5.41, 5.74) is 2.96. The second-order valence-electron chi connectivity index (χ2n) is 3.78. The van der Waals surface area contributed by atoms with Crippen molar-refractivity contribution in [3.63, 3.8) is 0 Å². The third kappa shape index (κ3) is 3.93. The van der Waals surface area contributed by atoms with Gasteiger partial charge < -0.3 is 5.32 Å². The fourth-order valence-corrected chi connectivity index (χ4v) is 1.70. The van der Waals surface area contributed by atoms with Crippen molar-refractivity contribution in [3.05, 3.63) is 35.4 Å². The van der Waals surface area contributed by atoms with Crippen molar-refractivity contribution in [3.8, 4) is 0 Å². The van der Waals surface area contributed by atoms with E-state index in [0.29, 0.717) is 0 Å². The number of nitrogens with one attached hydrogen (secondary N) is 1. The number of benzene rings is 1. The highest BCUT2D eigenvalue weighted by molar-refractivity contribution is 5.23. The Bertz CT molecular complexity index is 255. The average Bonchev–Trinajstić information content (AvgIpc) is 2.19. The average molecular weight is 191 g/mol. The lowest BCUT2D eigenvalue weighted by Crippen LogP contribution is -2.08. The molecule has 0 unspecified atom stereocenters. The molecule has 0 saturated carbocycles. The van der Waals surface area contributed by atoms with Crippen LogP contribution in [0.3, 0.4) is 0 Å². The summed E-state index contributed by atoms with van der Waals surface area (Å²) in [7, 11) is 2.01. The number of hydrogen-bond donors (Lipinski definition) is 1. The van der Waals surface area contributed by atoms with Gasteiger partial charge in [0, 0.05) is 0 Å². The first-order chi connectivity index (χ1) is 6.86. The smallest absolute Gasteiger partial charge is 0.00488 e. The molecule has 0 aliphatic heterocycles. The lowest BCUT2D eigenvalue weighted by molar-refractivity contribution is 0.724. The Morgan fingerprint density at radius 3 is 2.50 bits per heavy atom. The predicted octanol–water partition coefficient (Wildman–Crippen LogP) is 2.79. The standard InChI is InChI=1S/C13H21N/c1-3-6-12-7-4-8-13(11-12)9-5-10-14-2/h4,7-8,11,14H,3,5-6,9-10H2,1-2H3. The van der Waals surface area contributed by atoms with Crippen LogP contribution in [0.25, 0.3) is 0 Å². The van der Waals surface area contributed by atoms with Crippen molar-refractivity contribution >= 4 is 0 Å². The van der Waals surface area contributed by atoms with Crippen LogP contribution in [0.2, 0.25) is 0 Å². The molecule has 1 N–H and O–H groups in total. The third-order valence-electron chi connectivity index (χ3n) is 2.42. The van der Waals surface area contributed by atoms with Gasteiger partial charge in [-0.2, -0.15) is 0 Å². The molecule has 0 aliphatic carbocycles. The van der Waals surface area contributed by atoms with Gasteiger partial charge in [0.15, 0.2) is 0 Å². The highest BCUT2D eigenvalue weighted by atomic mass is 14.8. The summed E-state index contributed by atoms with van der Waals surface area (Å²) in [6.07, 6.45) is 4.87. The molecule has 0 amide bonds. The van der Waals surface area contributed by atoms with Crippen LogP contribution in [0, 0.1) is 0 Å². The monoisotopic (exact) mass is 191 g/mol. The maximum Gasteiger partial charge on any atom is -0.00488 e. The first-order valence-electron chi connectivity index (χ1n) is 5.59. The minimum absolute atomic E-state index is 1.11. The Labute approximate surface area is 87.5 Å². The first-order valence-corrected chi connectivity index (χ1v) is 5.59. The zero-order chi connectivity index (χ0) is 10.2. The Kier molecular flexibility index (Phi) is 5.31. The van der Waals surface area contributed by atoms with Gasteiger partial charge in [-0.15, -0.1) is 0 Å². The van der Waals surface area contributed by atoms with Crippen LogP contribution in [-0.2, 0) is 12.8 Å². The molecule has 1 nitrogen and oxygen atoms in total. The van der Waals surface area contributed by atoms with E-state index in [1.165, 1.54) is 36.8 Å². The number of hydrogen-bond acceptors (Lipinski definition) is 1. The van der Waals surface area contributed by atoms with E-state index in [2.05, 4.69) is 36.5 Å². The summed E-state index contributed by atoms with van der Waals surface area (Å²) in [5, 5.41) is 3.18. The third-order valence-corrected chi connectivity index (χ3v) is 2.42. The quantitative estimate of drug-likeness (QED) is 0.682. The Hall–Kier alpha value is -0.820. The van der Waals surface area contributed by atoms with Crippen molar-refractivity contribution in [1.29, 1.82) is 0 Å². The van der Waals surface area contributed by atoms with E-state index in [1.54, 1.807) is 0 Å². The topological polar surface area (TPSA) is 12.0 Å². The van der Waals surface area contributed by atoms with Crippen molar-refractivity contribution in [2.45, 2.75) is 32.6 Å². The zero-order valence-electron chi connectivity index (χ0n) is 9.34. The van der Waals surface area contributed by atoms with Crippen molar-refractivity contribution < 1.29 is 0 Å². The molecule has 0 spiro atoms. The van der Waals surface area contributed by atoms with Gasteiger partial charge >= 0.3 is 0 Å². The molecule has 1 heteroatoms. The second-order valence-corrected chi connectivity index (χ2v) is 3.78. The molecule has 0 aromatic heterocycles. The molecule has 1 rings (SSSR count). The fourth-order valence-electron chi connectivity index (χ4n) is 1.70. The molecule has 0 radical (unpaired) electrons. The van der Waals surface area contributed by atoms with Gasteiger partial charge in [0.2, 0.25) is 0 Å². The van der Waals surface area contributed by atoms with E-state index in [1.807, 2.05) is 7.05 Å². The molecule has 0 bridgehead atoms. The van der Waals surface area contributed by atoms with Crippen molar-refractivity contribution in [2.24, 2.45) is 0 Å². The molecular weight excluding hydrogens is 170 g/mol. The maximum absolute atomic E-state index is 3.18. The normalized spacial score (nSPS) is 10.4. The van der Waals surface area contributed by atoms with Gasteiger partial charge in [-0.05, 0) is 44.0 Å². The molecule has 0 heterocycles. The van der Waals surface area contributed by atoms with E-state index in [0.717, 1.165) is 6.54 Å². The summed E-state index contributed by atoms with van der Waals surface area (Å²) in [5.74, 6) is 0. The SMILES string of the molecule is CCCc1cccc(CCCNC)c1. The van der Waals surface area contributed by atoms with Gasteiger partial charge in [0.25, 0.3) is 0 Å². The van der Waals surface area contributed by atoms with Crippen LogP contribution < -0.4 is 5.32 Å². The molecule has 1 aromatic carbocycles. The summed E-state index contributed by atoms with van der Waals surface area (Å²) >= 11 is 0. The van der Waals surface area contributed by atoms with Crippen LogP contribution in [-0.4, -0.2) is 13.6 Å².